The number of aryl methyl sites for hydroxylation is 4. The summed E-state index contributed by atoms with van der Waals surface area (Å²) in [7, 11) is 0. The lowest BCUT2D eigenvalue weighted by Crippen LogP contribution is -1.83. The second-order valence-electron chi connectivity index (χ2n) is 5.04. The highest BCUT2D eigenvalue weighted by Gasteiger charge is 1.99. The summed E-state index contributed by atoms with van der Waals surface area (Å²) in [6, 6.07) is 12.4. The molecule has 0 radical (unpaired) electrons. The van der Waals surface area contributed by atoms with Crippen molar-refractivity contribution in [2.45, 2.75) is 27.7 Å². The Morgan fingerprint density at radius 2 is 0.900 bits per heavy atom. The molecule has 0 aliphatic carbocycles. The zero-order valence-corrected chi connectivity index (χ0v) is 12.5. The first-order valence-corrected chi connectivity index (χ1v) is 6.78. The van der Waals surface area contributed by atoms with Crippen LogP contribution in [0.4, 0.5) is 11.4 Å². The van der Waals surface area contributed by atoms with Gasteiger partial charge >= 0.3 is 0 Å². The molecule has 0 aromatic heterocycles. The number of aliphatic imine (C=N–C) groups is 2. The Kier molecular flexibility index (Phi) is 4.46. The molecule has 20 heavy (non-hydrogen) atoms. The Morgan fingerprint density at radius 1 is 0.600 bits per heavy atom. The topological polar surface area (TPSA) is 24.7 Å². The minimum absolute atomic E-state index is 1.03. The molecule has 0 heterocycles. The van der Waals surface area contributed by atoms with Crippen LogP contribution in [0.5, 0.6) is 0 Å². The number of nitrogens with zero attached hydrogens (tertiary/aromatic N) is 2. The lowest BCUT2D eigenvalue weighted by atomic mass is 10.1. The second-order valence-corrected chi connectivity index (χ2v) is 5.04. The van der Waals surface area contributed by atoms with E-state index in [1.807, 2.05) is 0 Å². The molecule has 0 bridgehead atoms. The molecular weight excluding hydrogens is 244 g/mol. The van der Waals surface area contributed by atoms with E-state index in [2.05, 4.69) is 74.1 Å². The van der Waals surface area contributed by atoms with E-state index in [4.69, 9.17) is 0 Å². The third-order valence-electron chi connectivity index (χ3n) is 3.35. The van der Waals surface area contributed by atoms with Crippen molar-refractivity contribution in [1.82, 2.24) is 0 Å². The van der Waals surface area contributed by atoms with Crippen LogP contribution >= 0.6 is 0 Å². The molecule has 2 rings (SSSR count). The lowest BCUT2D eigenvalue weighted by molar-refractivity contribution is 1.33. The van der Waals surface area contributed by atoms with Crippen LogP contribution < -0.4 is 0 Å². The summed E-state index contributed by atoms with van der Waals surface area (Å²) in [4.78, 5) is 9.01. The summed E-state index contributed by atoms with van der Waals surface area (Å²) in [5.41, 5.74) is 6.79. The van der Waals surface area contributed by atoms with Gasteiger partial charge < -0.3 is 0 Å². The average molecular weight is 264 g/mol. The predicted molar refractivity (Wildman–Crippen MR) is 88.1 cm³/mol. The van der Waals surface area contributed by atoms with Gasteiger partial charge in [0.05, 0.1) is 11.4 Å². The van der Waals surface area contributed by atoms with Crippen LogP contribution in [0.25, 0.3) is 0 Å². The summed E-state index contributed by atoms with van der Waals surface area (Å²) in [5, 5.41) is 0. The molecule has 0 amide bonds. The smallest absolute Gasteiger partial charge is 0.0688 e. The van der Waals surface area contributed by atoms with Crippen LogP contribution in [0.2, 0.25) is 0 Å². The van der Waals surface area contributed by atoms with Crippen molar-refractivity contribution in [1.29, 1.82) is 0 Å². The standard InChI is InChI=1S/C18H20N2/c1-13-7-5-8-14(2)17(13)19-11-12-20-18-15(3)9-6-10-16(18)4/h5-12H,1-4H3/b19-11+,20-12+. The first-order chi connectivity index (χ1) is 9.59. The minimum Gasteiger partial charge on any atom is -0.255 e. The van der Waals surface area contributed by atoms with Gasteiger partial charge in [0.25, 0.3) is 0 Å². The molecule has 0 saturated heterocycles. The summed E-state index contributed by atoms with van der Waals surface area (Å²) >= 11 is 0. The summed E-state index contributed by atoms with van der Waals surface area (Å²) in [6.45, 7) is 8.29. The quantitative estimate of drug-likeness (QED) is 0.695. The van der Waals surface area contributed by atoms with Crippen molar-refractivity contribution in [3.05, 3.63) is 58.7 Å². The van der Waals surface area contributed by atoms with Gasteiger partial charge in [-0.2, -0.15) is 0 Å². The third kappa shape index (κ3) is 3.21. The molecule has 2 aromatic carbocycles. The highest BCUT2D eigenvalue weighted by atomic mass is 14.8. The molecule has 0 N–H and O–H groups in total. The van der Waals surface area contributed by atoms with E-state index in [0.29, 0.717) is 0 Å². The normalized spacial score (nSPS) is 11.6. The molecule has 0 fully saturated rings. The number of hydrogen-bond acceptors (Lipinski definition) is 2. The van der Waals surface area contributed by atoms with Gasteiger partial charge in [0.15, 0.2) is 0 Å². The van der Waals surface area contributed by atoms with Gasteiger partial charge in [-0.25, -0.2) is 0 Å². The first-order valence-electron chi connectivity index (χ1n) is 6.78. The highest BCUT2D eigenvalue weighted by Crippen LogP contribution is 2.23. The van der Waals surface area contributed by atoms with Crippen LogP contribution in [0, 0.1) is 27.7 Å². The van der Waals surface area contributed by atoms with Gasteiger partial charge in [0, 0.05) is 12.4 Å². The van der Waals surface area contributed by atoms with E-state index in [-0.39, 0.29) is 0 Å². The van der Waals surface area contributed by atoms with Gasteiger partial charge in [-0.3, -0.25) is 9.98 Å². The van der Waals surface area contributed by atoms with Gasteiger partial charge in [-0.05, 0) is 49.9 Å². The van der Waals surface area contributed by atoms with Gasteiger partial charge in [0.2, 0.25) is 0 Å². The zero-order valence-electron chi connectivity index (χ0n) is 12.5. The fraction of sp³-hybridized carbons (Fsp3) is 0.222. The molecule has 0 spiro atoms. The molecule has 2 heteroatoms. The summed E-state index contributed by atoms with van der Waals surface area (Å²) in [6.07, 6.45) is 3.53. The Labute approximate surface area is 120 Å². The Morgan fingerprint density at radius 3 is 1.20 bits per heavy atom. The molecule has 2 aromatic rings. The fourth-order valence-electron chi connectivity index (χ4n) is 2.23. The van der Waals surface area contributed by atoms with Crippen LogP contribution in [-0.4, -0.2) is 12.4 Å². The van der Waals surface area contributed by atoms with Crippen molar-refractivity contribution in [3.8, 4) is 0 Å². The van der Waals surface area contributed by atoms with Gasteiger partial charge in [-0.15, -0.1) is 0 Å². The van der Waals surface area contributed by atoms with E-state index in [1.165, 1.54) is 22.3 Å². The lowest BCUT2D eigenvalue weighted by Gasteiger charge is -2.03. The maximum atomic E-state index is 4.51. The predicted octanol–water partition coefficient (Wildman–Crippen LogP) is 5.03. The van der Waals surface area contributed by atoms with Crippen LogP contribution in [-0.2, 0) is 0 Å². The molecule has 0 aliphatic heterocycles. The molecular formula is C18H20N2. The average Bonchev–Trinajstić information content (AvgIpc) is 2.40. The van der Waals surface area contributed by atoms with E-state index in [0.717, 1.165) is 11.4 Å². The second kappa shape index (κ2) is 6.29. The highest BCUT2D eigenvalue weighted by molar-refractivity contribution is 6.17. The fourth-order valence-corrected chi connectivity index (χ4v) is 2.23. The van der Waals surface area contributed by atoms with Crippen molar-refractivity contribution in [2.75, 3.05) is 0 Å². The van der Waals surface area contributed by atoms with Crippen LogP contribution in [0.3, 0.4) is 0 Å². The number of benzene rings is 2. The molecule has 0 unspecified atom stereocenters. The van der Waals surface area contributed by atoms with Crippen molar-refractivity contribution < 1.29 is 0 Å². The largest absolute Gasteiger partial charge is 0.255 e. The Bertz CT molecular complexity index is 567. The van der Waals surface area contributed by atoms with Crippen LogP contribution in [0.1, 0.15) is 22.3 Å². The molecule has 0 aliphatic rings. The van der Waals surface area contributed by atoms with Crippen molar-refractivity contribution >= 4 is 23.8 Å². The number of rotatable bonds is 3. The minimum atomic E-state index is 1.03. The van der Waals surface area contributed by atoms with E-state index in [9.17, 15) is 0 Å². The number of hydrogen-bond donors (Lipinski definition) is 0. The van der Waals surface area contributed by atoms with Crippen LogP contribution in [0.15, 0.2) is 46.4 Å². The van der Waals surface area contributed by atoms with Crippen molar-refractivity contribution in [2.24, 2.45) is 9.98 Å². The summed E-state index contributed by atoms with van der Waals surface area (Å²) < 4.78 is 0. The SMILES string of the molecule is Cc1cccc(C)c1/N=C/C=N/c1c(C)cccc1C. The summed E-state index contributed by atoms with van der Waals surface area (Å²) in [5.74, 6) is 0. The monoisotopic (exact) mass is 264 g/mol. The maximum Gasteiger partial charge on any atom is 0.0688 e. The number of para-hydroxylation sites is 2. The molecule has 102 valence electrons. The maximum absolute atomic E-state index is 4.51. The van der Waals surface area contributed by atoms with E-state index in [1.54, 1.807) is 12.4 Å². The Hall–Kier alpha value is -2.22. The Balaban J connectivity index is 2.20. The third-order valence-corrected chi connectivity index (χ3v) is 3.35. The molecule has 0 saturated carbocycles. The van der Waals surface area contributed by atoms with Crippen molar-refractivity contribution in [3.63, 3.8) is 0 Å². The van der Waals surface area contributed by atoms with Gasteiger partial charge in [-0.1, -0.05) is 36.4 Å². The first kappa shape index (κ1) is 14.2. The van der Waals surface area contributed by atoms with Gasteiger partial charge in [0.1, 0.15) is 0 Å². The van der Waals surface area contributed by atoms with E-state index < -0.39 is 0 Å². The zero-order chi connectivity index (χ0) is 14.5. The molecule has 2 nitrogen and oxygen atoms in total. The molecule has 0 atom stereocenters. The van der Waals surface area contributed by atoms with E-state index >= 15 is 0 Å².